The van der Waals surface area contributed by atoms with Gasteiger partial charge < -0.3 is 0 Å². The van der Waals surface area contributed by atoms with Gasteiger partial charge >= 0.3 is 11.7 Å². The second-order valence-electron chi connectivity index (χ2n) is 5.13. The fraction of sp³-hybridized carbons (Fsp3) is 0.125. The number of hydrogen-bond acceptors (Lipinski definition) is 4. The molecule has 0 aliphatic carbocycles. The van der Waals surface area contributed by atoms with Crippen LogP contribution < -0.4 is 10.6 Å². The molecule has 0 saturated carbocycles. The monoisotopic (exact) mass is 395 g/mol. The van der Waals surface area contributed by atoms with Gasteiger partial charge in [-0.25, -0.2) is 14.0 Å². The van der Waals surface area contributed by atoms with E-state index in [1.54, 1.807) is 19.1 Å². The molecule has 2 aromatic carbocycles. The molecule has 0 saturated heterocycles. The van der Waals surface area contributed by atoms with Gasteiger partial charge in [-0.15, -0.1) is 4.68 Å². The summed E-state index contributed by atoms with van der Waals surface area (Å²) in [5.74, 6) is -0.600. The predicted molar refractivity (Wildman–Crippen MR) is 95.9 cm³/mol. The topological polar surface area (TPSA) is 73.0 Å². The van der Waals surface area contributed by atoms with Crippen molar-refractivity contribution < 1.29 is 9.18 Å². The van der Waals surface area contributed by atoms with Crippen molar-refractivity contribution in [1.29, 1.82) is 0 Å². The van der Waals surface area contributed by atoms with E-state index in [0.29, 0.717) is 4.68 Å². The van der Waals surface area contributed by atoms with E-state index in [9.17, 15) is 14.0 Å². The average molecular weight is 396 g/mol. The number of hydrogen-bond donors (Lipinski definition) is 0. The number of rotatable bonds is 3. The molecule has 26 heavy (non-hydrogen) atoms. The number of para-hydroxylation sites is 2. The third-order valence-electron chi connectivity index (χ3n) is 3.60. The molecule has 0 aliphatic heterocycles. The van der Waals surface area contributed by atoms with Crippen LogP contribution in [-0.4, -0.2) is 32.4 Å². The zero-order valence-electron chi connectivity index (χ0n) is 13.4. The molecule has 0 spiro atoms. The summed E-state index contributed by atoms with van der Waals surface area (Å²) in [4.78, 5) is 26.4. The van der Waals surface area contributed by atoms with Gasteiger partial charge in [0.05, 0.1) is 15.7 Å². The minimum absolute atomic E-state index is 0.0252. The van der Waals surface area contributed by atoms with Crippen molar-refractivity contribution in [3.05, 3.63) is 68.8 Å². The third kappa shape index (κ3) is 3.09. The number of carbonyl (C=O) groups is 1. The van der Waals surface area contributed by atoms with Crippen molar-refractivity contribution in [2.24, 2.45) is 0 Å². The van der Waals surface area contributed by atoms with E-state index < -0.39 is 17.5 Å². The minimum atomic E-state index is -0.875. The Hall–Kier alpha value is -2.71. The highest BCUT2D eigenvalue weighted by Crippen LogP contribution is 2.26. The lowest BCUT2D eigenvalue weighted by Crippen LogP contribution is -2.41. The van der Waals surface area contributed by atoms with Gasteiger partial charge in [-0.3, -0.25) is 4.90 Å². The quantitative estimate of drug-likeness (QED) is 0.637. The van der Waals surface area contributed by atoms with E-state index in [1.165, 1.54) is 30.3 Å². The molecule has 0 atom stereocenters. The molecule has 0 unspecified atom stereocenters. The number of amides is 1. The lowest BCUT2D eigenvalue weighted by Gasteiger charge is -2.19. The minimum Gasteiger partial charge on any atom is -0.290 e. The van der Waals surface area contributed by atoms with Crippen molar-refractivity contribution in [2.45, 2.75) is 6.92 Å². The van der Waals surface area contributed by atoms with Crippen LogP contribution in [0.2, 0.25) is 10.0 Å². The summed E-state index contributed by atoms with van der Waals surface area (Å²) in [6, 6.07) is 9.52. The van der Waals surface area contributed by atoms with E-state index in [0.717, 1.165) is 9.58 Å². The molecule has 0 N–H and O–H groups in total. The molecule has 7 nitrogen and oxygen atoms in total. The fourth-order valence-electron chi connectivity index (χ4n) is 2.39. The molecule has 0 fully saturated rings. The lowest BCUT2D eigenvalue weighted by molar-refractivity contribution is 0.244. The highest BCUT2D eigenvalue weighted by Gasteiger charge is 2.24. The van der Waals surface area contributed by atoms with Crippen molar-refractivity contribution >= 4 is 34.9 Å². The second-order valence-corrected chi connectivity index (χ2v) is 5.95. The molecule has 1 amide bonds. The summed E-state index contributed by atoms with van der Waals surface area (Å²) in [5, 5.41) is 7.59. The van der Waals surface area contributed by atoms with E-state index >= 15 is 0 Å². The van der Waals surface area contributed by atoms with Crippen molar-refractivity contribution in [3.8, 4) is 5.69 Å². The zero-order chi connectivity index (χ0) is 18.8. The van der Waals surface area contributed by atoms with E-state index in [-0.39, 0.29) is 28.0 Å². The van der Waals surface area contributed by atoms with E-state index in [2.05, 4.69) is 10.4 Å². The van der Waals surface area contributed by atoms with Gasteiger partial charge in [0.25, 0.3) is 0 Å². The molecule has 0 radical (unpaired) electrons. The largest absolute Gasteiger partial charge is 0.377 e. The Labute approximate surface area is 157 Å². The van der Waals surface area contributed by atoms with Gasteiger partial charge in [-0.1, -0.05) is 41.4 Å². The van der Waals surface area contributed by atoms with Gasteiger partial charge in [0.2, 0.25) is 0 Å². The van der Waals surface area contributed by atoms with Gasteiger partial charge in [-0.05, 0) is 41.6 Å². The number of nitrogens with zero attached hydrogens (tertiary/aromatic N) is 5. The van der Waals surface area contributed by atoms with Crippen LogP contribution >= 0.6 is 23.2 Å². The summed E-state index contributed by atoms with van der Waals surface area (Å²) in [7, 11) is 0. The van der Waals surface area contributed by atoms with Crippen molar-refractivity contribution in [1.82, 2.24) is 19.8 Å². The number of benzene rings is 2. The highest BCUT2D eigenvalue weighted by atomic mass is 35.5. The molecule has 3 aromatic rings. The standard InChI is InChI=1S/C16H12Cl2FN5O2/c1-2-22(13-9-4-3-8-12(13)19)15(25)24-16(26)23(20-21-24)14-10(17)6-5-7-11(14)18/h3-9H,2H2,1H3. The highest BCUT2D eigenvalue weighted by molar-refractivity contribution is 6.37. The van der Waals surface area contributed by atoms with Crippen LogP contribution in [0.1, 0.15) is 6.92 Å². The van der Waals surface area contributed by atoms with Gasteiger partial charge in [-0.2, -0.15) is 4.68 Å². The third-order valence-corrected chi connectivity index (χ3v) is 4.21. The molecule has 0 aliphatic rings. The first-order valence-electron chi connectivity index (χ1n) is 7.51. The van der Waals surface area contributed by atoms with Gasteiger partial charge in [0, 0.05) is 6.54 Å². The molecule has 1 heterocycles. The predicted octanol–water partition coefficient (Wildman–Crippen LogP) is 3.37. The molecule has 10 heteroatoms. The van der Waals surface area contributed by atoms with Gasteiger partial charge in [0.1, 0.15) is 11.5 Å². The maximum absolute atomic E-state index is 14.0. The van der Waals surface area contributed by atoms with Crippen LogP contribution in [0.25, 0.3) is 5.69 Å². The fourth-order valence-corrected chi connectivity index (χ4v) is 2.95. The van der Waals surface area contributed by atoms with Crippen molar-refractivity contribution in [2.75, 3.05) is 11.4 Å². The first-order chi connectivity index (χ1) is 12.5. The number of tetrazole rings is 1. The summed E-state index contributed by atoms with van der Waals surface area (Å²) >= 11 is 12.1. The zero-order valence-corrected chi connectivity index (χ0v) is 14.9. The van der Waals surface area contributed by atoms with E-state index in [4.69, 9.17) is 23.2 Å². The summed E-state index contributed by atoms with van der Waals surface area (Å²) < 4.78 is 15.4. The molecule has 3 rings (SSSR count). The molecule has 0 bridgehead atoms. The summed E-state index contributed by atoms with van der Waals surface area (Å²) in [6.45, 7) is 1.76. The lowest BCUT2D eigenvalue weighted by atomic mass is 10.3. The van der Waals surface area contributed by atoms with Crippen LogP contribution in [-0.2, 0) is 0 Å². The van der Waals surface area contributed by atoms with Crippen LogP contribution in [0.5, 0.6) is 0 Å². The van der Waals surface area contributed by atoms with Crippen molar-refractivity contribution in [3.63, 3.8) is 0 Å². The number of aromatic nitrogens is 4. The SMILES string of the molecule is CCN(C(=O)n1nnn(-c2c(Cl)cccc2Cl)c1=O)c1ccccc1F. The number of anilines is 1. The summed E-state index contributed by atoms with van der Waals surface area (Å²) in [6.07, 6.45) is 0. The maximum Gasteiger partial charge on any atom is 0.377 e. The van der Waals surface area contributed by atoms with Crippen LogP contribution in [0.4, 0.5) is 14.9 Å². The smallest absolute Gasteiger partial charge is 0.290 e. The Bertz CT molecular complexity index is 1010. The van der Waals surface area contributed by atoms with Gasteiger partial charge in [0.15, 0.2) is 0 Å². The molecular formula is C16H12Cl2FN5O2. The van der Waals surface area contributed by atoms with Crippen LogP contribution in [0.3, 0.4) is 0 Å². The maximum atomic E-state index is 14.0. The van der Waals surface area contributed by atoms with Crippen LogP contribution in [0.15, 0.2) is 47.3 Å². The summed E-state index contributed by atoms with van der Waals surface area (Å²) in [5.41, 5.74) is -0.745. The van der Waals surface area contributed by atoms with E-state index in [1.807, 2.05) is 0 Å². The average Bonchev–Trinajstić information content (AvgIpc) is 2.98. The second kappa shape index (κ2) is 7.27. The number of carbonyl (C=O) groups excluding carboxylic acids is 1. The molecular weight excluding hydrogens is 384 g/mol. The normalized spacial score (nSPS) is 10.8. The Morgan fingerprint density at radius 3 is 2.38 bits per heavy atom. The Morgan fingerprint density at radius 1 is 1.12 bits per heavy atom. The first-order valence-corrected chi connectivity index (χ1v) is 8.27. The molecule has 1 aromatic heterocycles. The Morgan fingerprint density at radius 2 is 1.77 bits per heavy atom. The Balaban J connectivity index is 2.06. The first kappa shape index (κ1) is 18.1. The Kier molecular flexibility index (Phi) is 5.06. The van der Waals surface area contributed by atoms with Crippen LogP contribution in [0, 0.1) is 5.82 Å². The number of halogens is 3. The molecule has 134 valence electrons.